The molecule has 0 saturated carbocycles. The van der Waals surface area contributed by atoms with Gasteiger partial charge in [-0.15, -0.1) is 0 Å². The Hall–Kier alpha value is -0.887. The number of halogens is 2. The van der Waals surface area contributed by atoms with E-state index >= 15 is 0 Å². The first-order valence-corrected chi connectivity index (χ1v) is 9.70. The average Bonchev–Trinajstić information content (AvgIpc) is 3.19. The second kappa shape index (κ2) is 7.79. The van der Waals surface area contributed by atoms with Crippen molar-refractivity contribution in [3.63, 3.8) is 0 Å². The minimum Gasteiger partial charge on any atom is -1.00 e. The van der Waals surface area contributed by atoms with Crippen molar-refractivity contribution in [2.45, 2.75) is 19.4 Å². The Bertz CT molecular complexity index is 776. The third kappa shape index (κ3) is 3.47. The Morgan fingerprint density at radius 1 is 1.22 bits per heavy atom. The van der Waals surface area contributed by atoms with Gasteiger partial charge in [-0.3, -0.25) is 0 Å². The molecule has 0 aliphatic heterocycles. The molecule has 1 aromatic carbocycles. The maximum Gasteiger partial charge on any atom is -1.00 e. The summed E-state index contributed by atoms with van der Waals surface area (Å²) >= 11 is -0.710. The zero-order valence-electron chi connectivity index (χ0n) is 12.7. The smallest absolute Gasteiger partial charge is 1.00 e. The Balaban J connectivity index is 0.000000960. The molecule has 0 saturated heterocycles. The molecule has 0 N–H and O–H groups in total. The number of hydrogen-bond acceptors (Lipinski definition) is 1. The van der Waals surface area contributed by atoms with Crippen molar-refractivity contribution in [3.05, 3.63) is 78.4 Å². The molecule has 2 aliphatic rings. The maximum atomic E-state index is 4.25. The molecule has 1 unspecified atom stereocenters. The predicted molar refractivity (Wildman–Crippen MR) is 81.2 cm³/mol. The number of benzene rings is 1. The number of nitrogens with zero attached hydrogens (tertiary/aromatic N) is 2. The Morgan fingerprint density at radius 3 is 2.74 bits per heavy atom. The number of fused-ring (bicyclic) bond motifs is 1. The molecule has 1 atom stereocenters. The van der Waals surface area contributed by atoms with Gasteiger partial charge in [0.1, 0.15) is 0 Å². The molecular formula is C18H16Cl2N2Zr. The van der Waals surface area contributed by atoms with E-state index in [9.17, 15) is 0 Å². The number of imidazole rings is 1. The fourth-order valence-electron chi connectivity index (χ4n) is 3.09. The molecule has 1 heterocycles. The van der Waals surface area contributed by atoms with Crippen LogP contribution in [0.5, 0.6) is 0 Å². The van der Waals surface area contributed by atoms with Gasteiger partial charge in [0.2, 0.25) is 0 Å². The van der Waals surface area contributed by atoms with E-state index in [1.165, 1.54) is 23.1 Å². The fourth-order valence-corrected chi connectivity index (χ4v) is 6.82. The van der Waals surface area contributed by atoms with Crippen LogP contribution in [0.3, 0.4) is 0 Å². The maximum absolute atomic E-state index is 4.25. The first-order chi connectivity index (χ1) is 10.3. The molecular weight excluding hydrogens is 406 g/mol. The summed E-state index contributed by atoms with van der Waals surface area (Å²) in [6, 6.07) is 9.15. The van der Waals surface area contributed by atoms with Gasteiger partial charge in [-0.25, -0.2) is 0 Å². The molecule has 5 heteroatoms. The Labute approximate surface area is 160 Å². The topological polar surface area (TPSA) is 17.8 Å². The molecule has 0 spiro atoms. The van der Waals surface area contributed by atoms with E-state index in [-0.39, 0.29) is 24.8 Å². The zero-order chi connectivity index (χ0) is 14.2. The largest absolute Gasteiger partial charge is 1.00 e. The van der Waals surface area contributed by atoms with Crippen LogP contribution in [-0.4, -0.2) is 9.55 Å². The van der Waals surface area contributed by atoms with Crippen LogP contribution in [0.1, 0.15) is 30.5 Å². The van der Waals surface area contributed by atoms with Gasteiger partial charge in [-0.1, -0.05) is 0 Å². The van der Waals surface area contributed by atoms with E-state index in [1.807, 2.05) is 12.5 Å². The van der Waals surface area contributed by atoms with Crippen LogP contribution in [0.15, 0.2) is 67.3 Å². The average molecular weight is 422 g/mol. The van der Waals surface area contributed by atoms with Crippen molar-refractivity contribution in [1.82, 2.24) is 9.55 Å². The molecule has 0 radical (unpaired) electrons. The SMILES string of the molecule is CC1=[C]([Zr+2][C]2=Cc3ccccc3C2n2ccnc2)CC=C1.[Cl-].[Cl-]. The second-order valence-corrected chi connectivity index (χ2v) is 9.05. The van der Waals surface area contributed by atoms with Crippen LogP contribution in [0.2, 0.25) is 0 Å². The van der Waals surface area contributed by atoms with Crippen molar-refractivity contribution in [2.75, 3.05) is 0 Å². The van der Waals surface area contributed by atoms with E-state index < -0.39 is 23.2 Å². The van der Waals surface area contributed by atoms with E-state index in [2.05, 4.69) is 65.2 Å². The molecule has 23 heavy (non-hydrogen) atoms. The summed E-state index contributed by atoms with van der Waals surface area (Å²) in [6.45, 7) is 2.26. The Kier molecular flexibility index (Phi) is 6.25. The minimum atomic E-state index is -0.710. The normalized spacial score (nSPS) is 18.0. The van der Waals surface area contributed by atoms with E-state index in [0.717, 1.165) is 0 Å². The zero-order valence-corrected chi connectivity index (χ0v) is 16.7. The van der Waals surface area contributed by atoms with Crippen molar-refractivity contribution in [3.8, 4) is 0 Å². The van der Waals surface area contributed by atoms with Crippen LogP contribution < -0.4 is 24.8 Å². The number of allylic oxidation sites excluding steroid dienone is 5. The molecule has 2 nitrogen and oxygen atoms in total. The summed E-state index contributed by atoms with van der Waals surface area (Å²) < 4.78 is 5.61. The third-order valence-electron chi connectivity index (χ3n) is 4.18. The van der Waals surface area contributed by atoms with Crippen molar-refractivity contribution in [1.29, 1.82) is 0 Å². The molecule has 2 aromatic rings. The summed E-state index contributed by atoms with van der Waals surface area (Å²) in [5.74, 6) is 0. The van der Waals surface area contributed by atoms with Crippen LogP contribution in [0.25, 0.3) is 6.08 Å². The summed E-state index contributed by atoms with van der Waals surface area (Å²) in [5.41, 5.74) is 4.31. The van der Waals surface area contributed by atoms with Gasteiger partial charge in [-0.05, 0) is 0 Å². The quantitative estimate of drug-likeness (QED) is 0.568. The number of aromatic nitrogens is 2. The van der Waals surface area contributed by atoms with Gasteiger partial charge in [0.25, 0.3) is 0 Å². The predicted octanol–water partition coefficient (Wildman–Crippen LogP) is -1.85. The summed E-state index contributed by atoms with van der Waals surface area (Å²) in [6.07, 6.45) is 14.1. The van der Waals surface area contributed by atoms with Crippen molar-refractivity contribution >= 4 is 6.08 Å². The van der Waals surface area contributed by atoms with E-state index in [4.69, 9.17) is 0 Å². The van der Waals surface area contributed by atoms with Crippen molar-refractivity contribution in [2.24, 2.45) is 0 Å². The van der Waals surface area contributed by atoms with E-state index in [1.54, 1.807) is 6.56 Å². The fraction of sp³-hybridized carbons (Fsp3) is 0.167. The number of rotatable bonds is 3. The Morgan fingerprint density at radius 2 is 2.04 bits per heavy atom. The van der Waals surface area contributed by atoms with Gasteiger partial charge in [0.05, 0.1) is 0 Å². The van der Waals surface area contributed by atoms with Gasteiger partial charge >= 0.3 is 137 Å². The monoisotopic (exact) mass is 420 g/mol. The minimum absolute atomic E-state index is 0. The van der Waals surface area contributed by atoms with Crippen LogP contribution in [-0.2, 0) is 23.2 Å². The number of hydrogen-bond donors (Lipinski definition) is 0. The molecule has 0 fully saturated rings. The second-order valence-electron chi connectivity index (χ2n) is 5.53. The van der Waals surface area contributed by atoms with E-state index in [0.29, 0.717) is 6.04 Å². The summed E-state index contributed by atoms with van der Waals surface area (Å²) in [4.78, 5) is 4.25. The van der Waals surface area contributed by atoms with Crippen LogP contribution >= 0.6 is 0 Å². The molecule has 116 valence electrons. The van der Waals surface area contributed by atoms with Gasteiger partial charge in [0.15, 0.2) is 0 Å². The first kappa shape index (κ1) is 18.5. The molecule has 1 aromatic heterocycles. The molecule has 0 bridgehead atoms. The standard InChI is InChI=1S/C12H9N2.C6H7.2ClH.Zr/c1-2-4-11-10(3-1)5-6-12(11)14-8-7-13-9-14;1-6-4-2-3-5-6;;;/h1-5,7-9,12H;2,4H,3H2,1H3;2*1H;/q;;;;+2/p-2. The van der Waals surface area contributed by atoms with Crippen LogP contribution in [0.4, 0.5) is 0 Å². The third-order valence-corrected chi connectivity index (χ3v) is 8.13. The summed E-state index contributed by atoms with van der Waals surface area (Å²) in [5, 5.41) is 0. The molecule has 0 amide bonds. The molecule has 2 aliphatic carbocycles. The van der Waals surface area contributed by atoms with Gasteiger partial charge < -0.3 is 24.8 Å². The van der Waals surface area contributed by atoms with Crippen LogP contribution in [0, 0.1) is 0 Å². The van der Waals surface area contributed by atoms with Gasteiger partial charge in [-0.2, -0.15) is 0 Å². The summed E-state index contributed by atoms with van der Waals surface area (Å²) in [7, 11) is 0. The van der Waals surface area contributed by atoms with Crippen molar-refractivity contribution < 1.29 is 48.0 Å². The first-order valence-electron chi connectivity index (χ1n) is 7.24. The van der Waals surface area contributed by atoms with Gasteiger partial charge in [0, 0.05) is 0 Å². The molecule has 4 rings (SSSR count).